The van der Waals surface area contributed by atoms with Crippen LogP contribution in [0.5, 0.6) is 0 Å². The summed E-state index contributed by atoms with van der Waals surface area (Å²) in [6.07, 6.45) is 0. The average molecular weight is 279 g/mol. The van der Waals surface area contributed by atoms with E-state index in [2.05, 4.69) is 9.88 Å². The molecule has 102 valence electrons. The normalized spacial score (nSPS) is 11.2. The molecule has 0 aliphatic carbocycles. The number of nitrogens with zero attached hydrogens (tertiary/aromatic N) is 2. The molecule has 19 heavy (non-hydrogen) atoms. The van der Waals surface area contributed by atoms with Crippen molar-refractivity contribution in [2.75, 3.05) is 7.05 Å². The molecule has 0 bridgehead atoms. The monoisotopic (exact) mass is 279 g/mol. The molecule has 0 aliphatic heterocycles. The first kappa shape index (κ1) is 14.1. The van der Waals surface area contributed by atoms with E-state index in [-0.39, 0.29) is 5.82 Å². The molecule has 3 nitrogen and oxygen atoms in total. The highest BCUT2D eigenvalue weighted by Gasteiger charge is 2.09. The number of aromatic nitrogens is 1. The van der Waals surface area contributed by atoms with E-state index >= 15 is 0 Å². The van der Waals surface area contributed by atoms with E-state index in [1.165, 1.54) is 10.9 Å². The Kier molecular flexibility index (Phi) is 4.63. The lowest BCUT2D eigenvalue weighted by atomic mass is 10.1. The third-order valence-corrected chi connectivity index (χ3v) is 3.97. The Balaban J connectivity index is 2.03. The summed E-state index contributed by atoms with van der Waals surface area (Å²) in [4.78, 5) is 7.53. The van der Waals surface area contributed by atoms with Gasteiger partial charge in [0.1, 0.15) is 5.82 Å². The number of hydrogen-bond donors (Lipinski definition) is 1. The molecule has 0 aliphatic rings. The number of rotatable bonds is 5. The predicted molar refractivity (Wildman–Crippen MR) is 76.3 cm³/mol. The molecule has 0 atom stereocenters. The molecule has 0 amide bonds. The lowest BCUT2D eigenvalue weighted by Gasteiger charge is -2.16. The second-order valence-corrected chi connectivity index (χ2v) is 5.60. The van der Waals surface area contributed by atoms with Crippen molar-refractivity contribution in [1.29, 1.82) is 0 Å². The van der Waals surface area contributed by atoms with Crippen molar-refractivity contribution in [2.24, 2.45) is 5.73 Å². The summed E-state index contributed by atoms with van der Waals surface area (Å²) in [7, 11) is 1.98. The highest BCUT2D eigenvalue weighted by atomic mass is 32.1. The van der Waals surface area contributed by atoms with Crippen LogP contribution in [-0.4, -0.2) is 16.9 Å². The van der Waals surface area contributed by atoms with Crippen LogP contribution in [0.1, 0.15) is 21.7 Å². The van der Waals surface area contributed by atoms with Crippen LogP contribution >= 0.6 is 11.3 Å². The summed E-state index contributed by atoms with van der Waals surface area (Å²) in [6, 6.07) is 5.21. The van der Waals surface area contributed by atoms with Gasteiger partial charge in [-0.1, -0.05) is 12.1 Å². The van der Waals surface area contributed by atoms with Gasteiger partial charge in [0, 0.05) is 30.1 Å². The maximum absolute atomic E-state index is 13.9. The van der Waals surface area contributed by atoms with Gasteiger partial charge in [0.2, 0.25) is 0 Å². The highest BCUT2D eigenvalue weighted by molar-refractivity contribution is 7.09. The minimum absolute atomic E-state index is 0.184. The number of aryl methyl sites for hydroxylation is 1. The molecule has 1 aromatic carbocycles. The zero-order valence-electron chi connectivity index (χ0n) is 11.2. The standard InChI is InChI=1S/C14H18FN3S/c1-10-14(19-9-17-10)8-18(2)7-12-4-3-11(6-16)5-13(12)15/h3-5,9H,6-8,16H2,1-2H3. The number of halogens is 1. The molecule has 0 fully saturated rings. The van der Waals surface area contributed by atoms with Crippen LogP contribution in [0.25, 0.3) is 0 Å². The van der Waals surface area contributed by atoms with Crippen molar-refractivity contribution in [2.45, 2.75) is 26.6 Å². The third kappa shape index (κ3) is 3.59. The number of hydrogen-bond acceptors (Lipinski definition) is 4. The van der Waals surface area contributed by atoms with Gasteiger partial charge in [0.25, 0.3) is 0 Å². The van der Waals surface area contributed by atoms with Gasteiger partial charge in [-0.2, -0.15) is 0 Å². The number of nitrogens with two attached hydrogens (primary N) is 1. The van der Waals surface area contributed by atoms with Crippen LogP contribution in [0, 0.1) is 12.7 Å². The third-order valence-electron chi connectivity index (χ3n) is 3.05. The van der Waals surface area contributed by atoms with Gasteiger partial charge in [-0.05, 0) is 25.6 Å². The Labute approximate surface area is 116 Å². The quantitative estimate of drug-likeness (QED) is 0.915. The van der Waals surface area contributed by atoms with Crippen molar-refractivity contribution in [3.63, 3.8) is 0 Å². The zero-order chi connectivity index (χ0) is 13.8. The van der Waals surface area contributed by atoms with Crippen LogP contribution in [0.15, 0.2) is 23.7 Å². The second-order valence-electron chi connectivity index (χ2n) is 4.66. The molecule has 0 unspecified atom stereocenters. The fourth-order valence-electron chi connectivity index (χ4n) is 1.92. The van der Waals surface area contributed by atoms with E-state index in [1.807, 2.05) is 31.6 Å². The summed E-state index contributed by atoms with van der Waals surface area (Å²) < 4.78 is 13.9. The van der Waals surface area contributed by atoms with Crippen LogP contribution in [0.4, 0.5) is 4.39 Å². The first-order chi connectivity index (χ1) is 9.10. The topological polar surface area (TPSA) is 42.2 Å². The largest absolute Gasteiger partial charge is 0.326 e. The minimum Gasteiger partial charge on any atom is -0.326 e. The lowest BCUT2D eigenvalue weighted by Crippen LogP contribution is -2.18. The van der Waals surface area contributed by atoms with E-state index in [1.54, 1.807) is 11.3 Å². The van der Waals surface area contributed by atoms with E-state index in [9.17, 15) is 4.39 Å². The number of thiazole rings is 1. The summed E-state index contributed by atoms with van der Waals surface area (Å²) in [5, 5.41) is 0. The van der Waals surface area contributed by atoms with E-state index in [0.717, 1.165) is 17.8 Å². The Morgan fingerprint density at radius 3 is 2.74 bits per heavy atom. The summed E-state index contributed by atoms with van der Waals surface area (Å²) in [5.41, 5.74) is 9.91. The lowest BCUT2D eigenvalue weighted by molar-refractivity contribution is 0.315. The molecule has 5 heteroatoms. The van der Waals surface area contributed by atoms with Crippen LogP contribution in [0.2, 0.25) is 0 Å². The first-order valence-electron chi connectivity index (χ1n) is 6.15. The van der Waals surface area contributed by atoms with Gasteiger partial charge >= 0.3 is 0 Å². The SMILES string of the molecule is Cc1ncsc1CN(C)Cc1ccc(CN)cc1F. The predicted octanol–water partition coefficient (Wildman–Crippen LogP) is 2.68. The molecule has 2 rings (SSSR count). The van der Waals surface area contributed by atoms with Gasteiger partial charge in [-0.25, -0.2) is 9.37 Å². The Morgan fingerprint density at radius 1 is 1.37 bits per heavy atom. The molecule has 1 aromatic heterocycles. The van der Waals surface area contributed by atoms with Crippen molar-refractivity contribution in [3.05, 3.63) is 51.2 Å². The van der Waals surface area contributed by atoms with Crippen molar-refractivity contribution < 1.29 is 4.39 Å². The van der Waals surface area contributed by atoms with E-state index < -0.39 is 0 Å². The molecule has 0 radical (unpaired) electrons. The van der Waals surface area contributed by atoms with E-state index in [0.29, 0.717) is 18.7 Å². The Bertz CT molecular complexity index is 553. The van der Waals surface area contributed by atoms with Gasteiger partial charge < -0.3 is 5.73 Å². The van der Waals surface area contributed by atoms with Crippen LogP contribution in [0.3, 0.4) is 0 Å². The maximum Gasteiger partial charge on any atom is 0.128 e. The molecular formula is C14H18FN3S. The minimum atomic E-state index is -0.184. The summed E-state index contributed by atoms with van der Waals surface area (Å²) in [6.45, 7) is 3.73. The second kappa shape index (κ2) is 6.23. The van der Waals surface area contributed by atoms with E-state index in [4.69, 9.17) is 5.73 Å². The zero-order valence-corrected chi connectivity index (χ0v) is 12.0. The van der Waals surface area contributed by atoms with Crippen molar-refractivity contribution >= 4 is 11.3 Å². The molecule has 2 aromatic rings. The summed E-state index contributed by atoms with van der Waals surface area (Å²) in [5.74, 6) is -0.184. The van der Waals surface area contributed by atoms with Crippen molar-refractivity contribution in [3.8, 4) is 0 Å². The molecule has 0 spiro atoms. The Morgan fingerprint density at radius 2 is 2.16 bits per heavy atom. The molecule has 0 saturated heterocycles. The van der Waals surface area contributed by atoms with Gasteiger partial charge in [-0.3, -0.25) is 4.90 Å². The van der Waals surface area contributed by atoms with Crippen molar-refractivity contribution in [1.82, 2.24) is 9.88 Å². The molecule has 2 N–H and O–H groups in total. The van der Waals surface area contributed by atoms with Crippen LogP contribution in [-0.2, 0) is 19.6 Å². The van der Waals surface area contributed by atoms with Crippen LogP contribution < -0.4 is 5.73 Å². The fourth-order valence-corrected chi connectivity index (χ4v) is 2.77. The summed E-state index contributed by atoms with van der Waals surface area (Å²) >= 11 is 1.64. The first-order valence-corrected chi connectivity index (χ1v) is 7.03. The maximum atomic E-state index is 13.9. The highest BCUT2D eigenvalue weighted by Crippen LogP contribution is 2.17. The number of benzene rings is 1. The fraction of sp³-hybridized carbons (Fsp3) is 0.357. The average Bonchev–Trinajstić information content (AvgIpc) is 2.77. The van der Waals surface area contributed by atoms with Gasteiger partial charge in [0.15, 0.2) is 0 Å². The smallest absolute Gasteiger partial charge is 0.128 e. The van der Waals surface area contributed by atoms with Gasteiger partial charge in [0.05, 0.1) is 11.2 Å². The molecule has 0 saturated carbocycles. The molecular weight excluding hydrogens is 261 g/mol. The Hall–Kier alpha value is -1.30. The van der Waals surface area contributed by atoms with Gasteiger partial charge in [-0.15, -0.1) is 11.3 Å². The molecule has 1 heterocycles.